The molecular formula is C24H29F4N3O. The number of aromatic amines is 1. The molecule has 0 fully saturated rings. The van der Waals surface area contributed by atoms with E-state index in [1.165, 1.54) is 18.2 Å². The number of benzene rings is 1. The van der Waals surface area contributed by atoms with Crippen LogP contribution in [0, 0.1) is 12.7 Å². The monoisotopic (exact) mass is 451 g/mol. The van der Waals surface area contributed by atoms with Crippen molar-refractivity contribution in [3.63, 3.8) is 0 Å². The first kappa shape index (κ1) is 24.2. The standard InChI is InChI=1S/C24H29F4N3O/c1-15-6-7-16(25)10-19(15)22(2,3)14-23(32,24(26,27)28)12-18-11-21-20(30-18)9-8-17(29-21)13-31(4)5/h6-11,30,32H,12-14H2,1-5H3. The first-order valence-corrected chi connectivity index (χ1v) is 10.4. The van der Waals surface area contributed by atoms with E-state index in [9.17, 15) is 22.7 Å². The van der Waals surface area contributed by atoms with Crippen molar-refractivity contribution in [3.8, 4) is 0 Å². The Morgan fingerprint density at radius 2 is 1.75 bits per heavy atom. The average molecular weight is 452 g/mol. The maximum Gasteiger partial charge on any atom is 0.417 e. The van der Waals surface area contributed by atoms with Gasteiger partial charge in [0.2, 0.25) is 0 Å². The lowest BCUT2D eigenvalue weighted by Crippen LogP contribution is -2.51. The fourth-order valence-corrected chi connectivity index (χ4v) is 4.34. The molecule has 174 valence electrons. The predicted octanol–water partition coefficient (Wildman–Crippen LogP) is 5.28. The molecule has 0 aliphatic carbocycles. The van der Waals surface area contributed by atoms with Gasteiger partial charge in [0.15, 0.2) is 5.60 Å². The van der Waals surface area contributed by atoms with Gasteiger partial charge < -0.3 is 15.0 Å². The van der Waals surface area contributed by atoms with E-state index < -0.39 is 35.9 Å². The quantitative estimate of drug-likeness (QED) is 0.481. The Morgan fingerprint density at radius 3 is 2.38 bits per heavy atom. The molecule has 0 radical (unpaired) electrons. The lowest BCUT2D eigenvalue weighted by Gasteiger charge is -2.38. The highest BCUT2D eigenvalue weighted by atomic mass is 19.4. The molecule has 0 saturated heterocycles. The number of aryl methyl sites for hydroxylation is 1. The second-order valence-corrected chi connectivity index (χ2v) is 9.49. The highest BCUT2D eigenvalue weighted by Crippen LogP contribution is 2.43. The minimum absolute atomic E-state index is 0.237. The summed E-state index contributed by atoms with van der Waals surface area (Å²) in [5.74, 6) is -0.524. The van der Waals surface area contributed by atoms with Crippen molar-refractivity contribution in [1.82, 2.24) is 14.9 Å². The predicted molar refractivity (Wildman–Crippen MR) is 117 cm³/mol. The molecule has 2 aromatic heterocycles. The summed E-state index contributed by atoms with van der Waals surface area (Å²) >= 11 is 0. The molecule has 0 aliphatic rings. The molecule has 1 aromatic carbocycles. The van der Waals surface area contributed by atoms with Crippen LogP contribution in [-0.4, -0.2) is 45.8 Å². The number of hydrogen-bond donors (Lipinski definition) is 2. The van der Waals surface area contributed by atoms with Crippen molar-refractivity contribution in [1.29, 1.82) is 0 Å². The van der Waals surface area contributed by atoms with Crippen molar-refractivity contribution in [2.45, 2.75) is 57.3 Å². The van der Waals surface area contributed by atoms with Gasteiger partial charge in [0.25, 0.3) is 0 Å². The Hall–Kier alpha value is -2.45. The topological polar surface area (TPSA) is 52.2 Å². The zero-order valence-electron chi connectivity index (χ0n) is 18.9. The van der Waals surface area contributed by atoms with Crippen LogP contribution in [0.15, 0.2) is 36.4 Å². The first-order chi connectivity index (χ1) is 14.7. The summed E-state index contributed by atoms with van der Waals surface area (Å²) in [6.07, 6.45) is -6.16. The average Bonchev–Trinajstić information content (AvgIpc) is 3.02. The number of nitrogens with one attached hydrogen (secondary N) is 1. The summed E-state index contributed by atoms with van der Waals surface area (Å²) in [4.78, 5) is 9.39. The van der Waals surface area contributed by atoms with Gasteiger partial charge in [0, 0.05) is 18.7 Å². The van der Waals surface area contributed by atoms with E-state index >= 15 is 0 Å². The summed E-state index contributed by atoms with van der Waals surface area (Å²) in [7, 11) is 3.81. The molecule has 0 amide bonds. The summed E-state index contributed by atoms with van der Waals surface area (Å²) in [6.45, 7) is 5.50. The van der Waals surface area contributed by atoms with Crippen LogP contribution in [0.5, 0.6) is 0 Å². The van der Waals surface area contributed by atoms with Crippen LogP contribution in [0.4, 0.5) is 17.6 Å². The number of alkyl halides is 3. The number of hydrogen-bond acceptors (Lipinski definition) is 3. The van der Waals surface area contributed by atoms with Gasteiger partial charge >= 0.3 is 6.18 Å². The number of halogens is 4. The van der Waals surface area contributed by atoms with E-state index in [1.807, 2.05) is 25.1 Å². The van der Waals surface area contributed by atoms with Gasteiger partial charge in [-0.05, 0) is 74.3 Å². The Kier molecular flexibility index (Phi) is 6.41. The molecule has 3 aromatic rings. The van der Waals surface area contributed by atoms with E-state index in [-0.39, 0.29) is 5.69 Å². The second-order valence-electron chi connectivity index (χ2n) is 9.49. The van der Waals surface area contributed by atoms with Crippen LogP contribution < -0.4 is 0 Å². The molecule has 0 spiro atoms. The minimum atomic E-state index is -4.88. The van der Waals surface area contributed by atoms with Crippen molar-refractivity contribution in [2.75, 3.05) is 14.1 Å². The van der Waals surface area contributed by atoms with Crippen LogP contribution in [0.3, 0.4) is 0 Å². The van der Waals surface area contributed by atoms with Crippen LogP contribution in [0.25, 0.3) is 11.0 Å². The second kappa shape index (κ2) is 8.48. The summed E-state index contributed by atoms with van der Waals surface area (Å²) < 4.78 is 56.2. The van der Waals surface area contributed by atoms with Crippen LogP contribution in [-0.2, 0) is 18.4 Å². The van der Waals surface area contributed by atoms with E-state index in [2.05, 4.69) is 9.97 Å². The Labute approximate surface area is 185 Å². The van der Waals surface area contributed by atoms with Crippen LogP contribution in [0.1, 0.15) is 42.8 Å². The molecule has 4 nitrogen and oxygen atoms in total. The molecular weight excluding hydrogens is 422 g/mol. The molecule has 0 aliphatic heterocycles. The Bertz CT molecular complexity index is 1100. The van der Waals surface area contributed by atoms with E-state index in [0.717, 1.165) is 5.69 Å². The maximum absolute atomic E-state index is 14.1. The minimum Gasteiger partial charge on any atom is -0.380 e. The normalized spacial score (nSPS) is 14.8. The molecule has 1 atom stereocenters. The van der Waals surface area contributed by atoms with Crippen molar-refractivity contribution >= 4 is 11.0 Å². The molecule has 2 heterocycles. The number of H-pyrrole nitrogens is 1. The first-order valence-electron chi connectivity index (χ1n) is 10.4. The van der Waals surface area contributed by atoms with Crippen molar-refractivity contribution in [2.24, 2.45) is 0 Å². The smallest absolute Gasteiger partial charge is 0.380 e. The zero-order valence-corrected chi connectivity index (χ0v) is 18.9. The van der Waals surface area contributed by atoms with Gasteiger partial charge in [-0.3, -0.25) is 0 Å². The summed E-state index contributed by atoms with van der Waals surface area (Å²) in [5, 5.41) is 10.9. The van der Waals surface area contributed by atoms with Gasteiger partial charge in [-0.25, -0.2) is 9.37 Å². The number of fused-ring (bicyclic) bond motifs is 1. The molecule has 8 heteroatoms. The summed E-state index contributed by atoms with van der Waals surface area (Å²) in [6, 6.07) is 9.18. The summed E-state index contributed by atoms with van der Waals surface area (Å²) in [5.41, 5.74) is -0.849. The highest BCUT2D eigenvalue weighted by molar-refractivity contribution is 5.76. The van der Waals surface area contributed by atoms with Crippen molar-refractivity contribution in [3.05, 3.63) is 64.7 Å². The number of aliphatic hydroxyl groups is 1. The molecule has 1 unspecified atom stereocenters. The van der Waals surface area contributed by atoms with Crippen LogP contribution in [0.2, 0.25) is 0 Å². The third-order valence-electron chi connectivity index (χ3n) is 5.74. The van der Waals surface area contributed by atoms with E-state index in [0.29, 0.717) is 28.7 Å². The number of rotatable bonds is 7. The zero-order chi connectivity index (χ0) is 23.9. The molecule has 0 bridgehead atoms. The van der Waals surface area contributed by atoms with E-state index in [1.54, 1.807) is 32.9 Å². The lowest BCUT2D eigenvalue weighted by molar-refractivity contribution is -0.266. The lowest BCUT2D eigenvalue weighted by atomic mass is 9.72. The van der Waals surface area contributed by atoms with Gasteiger partial charge in [0.05, 0.1) is 16.7 Å². The Balaban J connectivity index is 1.95. The molecule has 32 heavy (non-hydrogen) atoms. The number of pyridine rings is 1. The molecule has 0 saturated carbocycles. The number of aromatic nitrogens is 2. The molecule has 2 N–H and O–H groups in total. The largest absolute Gasteiger partial charge is 0.417 e. The van der Waals surface area contributed by atoms with Gasteiger partial charge in [0.1, 0.15) is 5.82 Å². The van der Waals surface area contributed by atoms with E-state index in [4.69, 9.17) is 0 Å². The Morgan fingerprint density at radius 1 is 1.06 bits per heavy atom. The van der Waals surface area contributed by atoms with Gasteiger partial charge in [-0.2, -0.15) is 13.2 Å². The maximum atomic E-state index is 14.1. The third-order valence-corrected chi connectivity index (χ3v) is 5.74. The number of nitrogens with zero attached hydrogens (tertiary/aromatic N) is 2. The van der Waals surface area contributed by atoms with Gasteiger partial charge in [-0.1, -0.05) is 19.9 Å². The molecule has 3 rings (SSSR count). The van der Waals surface area contributed by atoms with Crippen molar-refractivity contribution < 1.29 is 22.7 Å². The van der Waals surface area contributed by atoms with Crippen LogP contribution >= 0.6 is 0 Å². The fourth-order valence-electron chi connectivity index (χ4n) is 4.34. The third kappa shape index (κ3) is 5.13. The van der Waals surface area contributed by atoms with Gasteiger partial charge in [-0.15, -0.1) is 0 Å². The SMILES string of the molecule is Cc1ccc(F)cc1C(C)(C)CC(O)(Cc1cc2nc(CN(C)C)ccc2[nH]1)C(F)(F)F. The fraction of sp³-hybridized carbons (Fsp3) is 0.458. The highest BCUT2D eigenvalue weighted by Gasteiger charge is 2.56.